The van der Waals surface area contributed by atoms with Gasteiger partial charge in [-0.1, -0.05) is 6.07 Å². The normalized spacial score (nSPS) is 26.7. The van der Waals surface area contributed by atoms with Gasteiger partial charge in [-0.25, -0.2) is 4.79 Å². The van der Waals surface area contributed by atoms with E-state index in [1.54, 1.807) is 36.7 Å². The van der Waals surface area contributed by atoms with Crippen molar-refractivity contribution in [3.05, 3.63) is 59.9 Å². The summed E-state index contributed by atoms with van der Waals surface area (Å²) < 4.78 is 0. The Morgan fingerprint density at radius 3 is 2.37 bits per heavy atom. The average molecular weight is 365 g/mol. The van der Waals surface area contributed by atoms with Crippen molar-refractivity contribution in [1.82, 2.24) is 9.88 Å². The molecule has 4 rings (SSSR count). The second-order valence-electron chi connectivity index (χ2n) is 7.54. The van der Waals surface area contributed by atoms with Crippen LogP contribution in [0.25, 0.3) is 0 Å². The summed E-state index contributed by atoms with van der Waals surface area (Å²) in [5.41, 5.74) is 1.17. The Labute approximate surface area is 158 Å². The number of Topliss-reactive ketones (excluding diaryl/α,β-unsaturated/α-hetero) is 1. The van der Waals surface area contributed by atoms with Crippen LogP contribution in [0.3, 0.4) is 0 Å². The number of urea groups is 1. The van der Waals surface area contributed by atoms with Gasteiger partial charge >= 0.3 is 6.03 Å². The number of carbonyl (C=O) groups is 2. The highest BCUT2D eigenvalue weighted by Gasteiger charge is 2.50. The van der Waals surface area contributed by atoms with Crippen LogP contribution in [0.4, 0.5) is 10.5 Å². The number of carbonyl (C=O) groups excluding carboxylic acids is 2. The molecule has 2 amide bonds. The van der Waals surface area contributed by atoms with Crippen molar-refractivity contribution < 1.29 is 14.7 Å². The van der Waals surface area contributed by atoms with Crippen LogP contribution in [0.15, 0.2) is 48.8 Å². The lowest BCUT2D eigenvalue weighted by Crippen LogP contribution is -2.53. The number of aromatic nitrogens is 1. The molecule has 0 saturated carbocycles. The number of benzene rings is 1. The van der Waals surface area contributed by atoms with Crippen molar-refractivity contribution in [2.24, 2.45) is 0 Å². The van der Waals surface area contributed by atoms with Crippen molar-refractivity contribution in [2.75, 3.05) is 5.32 Å². The molecule has 2 bridgehead atoms. The number of pyridine rings is 1. The van der Waals surface area contributed by atoms with Crippen LogP contribution in [0.1, 0.15) is 48.5 Å². The minimum absolute atomic E-state index is 0.00311. The molecule has 2 aliphatic heterocycles. The molecule has 2 aromatic rings. The Morgan fingerprint density at radius 2 is 1.81 bits per heavy atom. The van der Waals surface area contributed by atoms with E-state index in [4.69, 9.17) is 0 Å². The smallest absolute Gasteiger partial charge is 0.322 e. The van der Waals surface area contributed by atoms with Gasteiger partial charge in [0.1, 0.15) is 0 Å². The largest absolute Gasteiger partial charge is 0.385 e. The third kappa shape index (κ3) is 3.32. The van der Waals surface area contributed by atoms with E-state index in [9.17, 15) is 14.7 Å². The first-order chi connectivity index (χ1) is 13.0. The van der Waals surface area contributed by atoms with Gasteiger partial charge in [-0.15, -0.1) is 0 Å². The number of amides is 2. The van der Waals surface area contributed by atoms with Gasteiger partial charge in [-0.2, -0.15) is 0 Å². The first-order valence-electron chi connectivity index (χ1n) is 9.29. The molecule has 0 spiro atoms. The number of nitrogens with zero attached hydrogens (tertiary/aromatic N) is 2. The molecule has 27 heavy (non-hydrogen) atoms. The van der Waals surface area contributed by atoms with Crippen molar-refractivity contribution in [1.29, 1.82) is 0 Å². The summed E-state index contributed by atoms with van der Waals surface area (Å²) in [7, 11) is 0. The molecule has 2 aliphatic rings. The summed E-state index contributed by atoms with van der Waals surface area (Å²) in [5.74, 6) is -0.00311. The van der Waals surface area contributed by atoms with Crippen LogP contribution < -0.4 is 5.32 Å². The summed E-state index contributed by atoms with van der Waals surface area (Å²) >= 11 is 0. The molecule has 2 atom stereocenters. The van der Waals surface area contributed by atoms with Crippen LogP contribution in [0.5, 0.6) is 0 Å². The highest BCUT2D eigenvalue weighted by molar-refractivity contribution is 5.95. The van der Waals surface area contributed by atoms with E-state index in [1.165, 1.54) is 6.92 Å². The van der Waals surface area contributed by atoms with Gasteiger partial charge in [0.25, 0.3) is 0 Å². The lowest BCUT2D eigenvalue weighted by atomic mass is 9.81. The second-order valence-corrected chi connectivity index (χ2v) is 7.54. The molecule has 2 N–H and O–H groups in total. The van der Waals surface area contributed by atoms with E-state index >= 15 is 0 Å². The van der Waals surface area contributed by atoms with Gasteiger partial charge in [0.2, 0.25) is 0 Å². The van der Waals surface area contributed by atoms with E-state index in [0.29, 0.717) is 24.1 Å². The number of anilines is 1. The standard InChI is InChI=1S/C21H23N3O3/c1-14(25)15-4-6-17(7-5-15)23-20(26)24-18-8-9-19(24)12-21(27,11-18)16-3-2-10-22-13-16/h2-7,10,13,18-19,27H,8-9,11-12H2,1H3,(H,23,26). The molecular weight excluding hydrogens is 342 g/mol. The van der Waals surface area contributed by atoms with Gasteiger partial charge in [0, 0.05) is 54.1 Å². The predicted octanol–water partition coefficient (Wildman–Crippen LogP) is 3.33. The maximum Gasteiger partial charge on any atom is 0.322 e. The molecule has 1 aromatic carbocycles. The van der Waals surface area contributed by atoms with Crippen molar-refractivity contribution in [3.63, 3.8) is 0 Å². The van der Waals surface area contributed by atoms with Gasteiger partial charge < -0.3 is 15.3 Å². The number of hydrogen-bond donors (Lipinski definition) is 2. The van der Waals surface area contributed by atoms with Gasteiger partial charge in [0.15, 0.2) is 5.78 Å². The summed E-state index contributed by atoms with van der Waals surface area (Å²) in [6.07, 6.45) is 6.23. The molecule has 2 unspecified atom stereocenters. The zero-order chi connectivity index (χ0) is 19.0. The minimum atomic E-state index is -0.931. The Bertz CT molecular complexity index is 837. The number of fused-ring (bicyclic) bond motifs is 2. The Morgan fingerprint density at radius 1 is 1.15 bits per heavy atom. The number of hydrogen-bond acceptors (Lipinski definition) is 4. The monoisotopic (exact) mass is 365 g/mol. The molecule has 2 fully saturated rings. The molecule has 0 aliphatic carbocycles. The van der Waals surface area contributed by atoms with Gasteiger partial charge in [-0.05, 0) is 50.1 Å². The fourth-order valence-electron chi connectivity index (χ4n) is 4.41. The van der Waals surface area contributed by atoms with Crippen LogP contribution in [-0.4, -0.2) is 38.9 Å². The molecule has 140 valence electrons. The van der Waals surface area contributed by atoms with Crippen molar-refractivity contribution in [3.8, 4) is 0 Å². The fraction of sp³-hybridized carbons (Fsp3) is 0.381. The number of ketones is 1. The van der Waals surface area contributed by atoms with Crippen LogP contribution in [0, 0.1) is 0 Å². The van der Waals surface area contributed by atoms with Gasteiger partial charge in [-0.3, -0.25) is 9.78 Å². The summed E-state index contributed by atoms with van der Waals surface area (Å²) in [6, 6.07) is 10.5. The Kier molecular flexibility index (Phi) is 4.44. The zero-order valence-corrected chi connectivity index (χ0v) is 15.3. The van der Waals surface area contributed by atoms with Gasteiger partial charge in [0.05, 0.1) is 5.60 Å². The highest BCUT2D eigenvalue weighted by Crippen LogP contribution is 2.45. The van der Waals surface area contributed by atoms with E-state index in [2.05, 4.69) is 10.3 Å². The average Bonchev–Trinajstić information content (AvgIpc) is 2.95. The summed E-state index contributed by atoms with van der Waals surface area (Å²) in [6.45, 7) is 1.52. The maximum atomic E-state index is 12.8. The highest BCUT2D eigenvalue weighted by atomic mass is 16.3. The van der Waals surface area contributed by atoms with E-state index in [-0.39, 0.29) is 23.9 Å². The molecule has 0 radical (unpaired) electrons. The quantitative estimate of drug-likeness (QED) is 0.818. The maximum absolute atomic E-state index is 12.8. The number of rotatable bonds is 3. The molecule has 3 heterocycles. The topological polar surface area (TPSA) is 82.5 Å². The van der Waals surface area contributed by atoms with E-state index in [1.807, 2.05) is 17.0 Å². The van der Waals surface area contributed by atoms with Crippen LogP contribution in [0.2, 0.25) is 0 Å². The zero-order valence-electron chi connectivity index (χ0n) is 15.3. The SMILES string of the molecule is CC(=O)c1ccc(NC(=O)N2C3CCC2CC(O)(c2cccnc2)C3)cc1. The fourth-order valence-corrected chi connectivity index (χ4v) is 4.41. The Hall–Kier alpha value is -2.73. The first-order valence-corrected chi connectivity index (χ1v) is 9.29. The third-order valence-electron chi connectivity index (χ3n) is 5.74. The summed E-state index contributed by atoms with van der Waals surface area (Å²) in [4.78, 5) is 30.2. The van der Waals surface area contributed by atoms with E-state index in [0.717, 1.165) is 18.4 Å². The van der Waals surface area contributed by atoms with Crippen molar-refractivity contribution >= 4 is 17.5 Å². The molecule has 2 saturated heterocycles. The summed E-state index contributed by atoms with van der Waals surface area (Å²) in [5, 5.41) is 14.1. The molecule has 1 aromatic heterocycles. The Balaban J connectivity index is 1.48. The van der Waals surface area contributed by atoms with Crippen molar-refractivity contribution in [2.45, 2.75) is 50.3 Å². The second kappa shape index (κ2) is 6.78. The minimum Gasteiger partial charge on any atom is -0.385 e. The third-order valence-corrected chi connectivity index (χ3v) is 5.74. The van der Waals surface area contributed by atoms with Crippen LogP contribution in [-0.2, 0) is 5.60 Å². The number of piperidine rings is 1. The van der Waals surface area contributed by atoms with Crippen LogP contribution >= 0.6 is 0 Å². The lowest BCUT2D eigenvalue weighted by Gasteiger charge is -2.43. The predicted molar refractivity (Wildman–Crippen MR) is 101 cm³/mol. The molecular formula is C21H23N3O3. The lowest BCUT2D eigenvalue weighted by molar-refractivity contribution is -0.0424. The number of nitrogens with one attached hydrogen (secondary N) is 1. The molecule has 6 nitrogen and oxygen atoms in total. The van der Waals surface area contributed by atoms with E-state index < -0.39 is 5.60 Å². The first kappa shape index (κ1) is 17.7. The molecule has 6 heteroatoms. The number of aliphatic hydroxyl groups is 1.